The van der Waals surface area contributed by atoms with Gasteiger partial charge >= 0.3 is 12.0 Å². The highest BCUT2D eigenvalue weighted by Crippen LogP contribution is 2.27. The van der Waals surface area contributed by atoms with Crippen molar-refractivity contribution in [1.29, 1.82) is 0 Å². The highest BCUT2D eigenvalue weighted by atomic mass is 16.4. The lowest BCUT2D eigenvalue weighted by atomic mass is 10.1. The molecule has 7 heteroatoms. The van der Waals surface area contributed by atoms with Crippen LogP contribution in [0.25, 0.3) is 5.69 Å². The first-order valence-electron chi connectivity index (χ1n) is 8.30. The van der Waals surface area contributed by atoms with Gasteiger partial charge in [0.2, 0.25) is 0 Å². The van der Waals surface area contributed by atoms with E-state index < -0.39 is 5.97 Å². The van der Waals surface area contributed by atoms with E-state index in [9.17, 15) is 9.59 Å². The first-order chi connectivity index (χ1) is 11.9. The van der Waals surface area contributed by atoms with Gasteiger partial charge in [0.05, 0.1) is 23.3 Å². The number of amides is 2. The predicted octanol–water partition coefficient (Wildman–Crippen LogP) is 3.29. The lowest BCUT2D eigenvalue weighted by Crippen LogP contribution is -2.30. The molecule has 2 aromatic rings. The van der Waals surface area contributed by atoms with Crippen molar-refractivity contribution >= 4 is 17.7 Å². The van der Waals surface area contributed by atoms with Gasteiger partial charge in [-0.25, -0.2) is 9.48 Å². The van der Waals surface area contributed by atoms with E-state index in [1.807, 2.05) is 49.7 Å². The number of aromatic nitrogens is 2. The molecule has 0 aliphatic heterocycles. The number of hydrogen-bond acceptors (Lipinski definition) is 3. The highest BCUT2D eigenvalue weighted by molar-refractivity contribution is 5.89. The number of benzene rings is 1. The quantitative estimate of drug-likeness (QED) is 0.672. The maximum Gasteiger partial charge on any atom is 0.319 e. The number of anilines is 1. The number of carbonyl (C=O) groups is 2. The lowest BCUT2D eigenvalue weighted by molar-refractivity contribution is -0.137. The van der Waals surface area contributed by atoms with Crippen LogP contribution in [0.15, 0.2) is 30.5 Å². The van der Waals surface area contributed by atoms with Crippen LogP contribution in [0.1, 0.15) is 43.9 Å². The Labute approximate surface area is 147 Å². The molecule has 25 heavy (non-hydrogen) atoms. The molecule has 0 atom stereocenters. The van der Waals surface area contributed by atoms with Crippen molar-refractivity contribution in [3.8, 4) is 5.69 Å². The zero-order valence-electron chi connectivity index (χ0n) is 14.7. The highest BCUT2D eigenvalue weighted by Gasteiger charge is 2.17. The van der Waals surface area contributed by atoms with Crippen molar-refractivity contribution in [1.82, 2.24) is 15.1 Å². The molecule has 3 N–H and O–H groups in total. The second kappa shape index (κ2) is 8.32. The van der Waals surface area contributed by atoms with Crippen LogP contribution in [-0.2, 0) is 4.79 Å². The van der Waals surface area contributed by atoms with E-state index in [0.717, 1.165) is 11.4 Å². The van der Waals surface area contributed by atoms with Gasteiger partial charge in [0.15, 0.2) is 0 Å². The third kappa shape index (κ3) is 5.07. The van der Waals surface area contributed by atoms with E-state index in [1.54, 1.807) is 6.20 Å². The fraction of sp³-hybridized carbons (Fsp3) is 0.389. The number of hydrogen-bond donors (Lipinski definition) is 3. The molecule has 0 spiro atoms. The van der Waals surface area contributed by atoms with Gasteiger partial charge in [-0.05, 0) is 31.4 Å². The molecule has 0 unspecified atom stereocenters. The monoisotopic (exact) mass is 344 g/mol. The number of carbonyl (C=O) groups excluding carboxylic acids is 1. The van der Waals surface area contributed by atoms with Crippen LogP contribution in [0, 0.1) is 6.92 Å². The number of rotatable bonds is 7. The molecule has 0 saturated carbocycles. The molecule has 134 valence electrons. The zero-order valence-corrected chi connectivity index (χ0v) is 14.7. The zero-order chi connectivity index (χ0) is 18.4. The minimum Gasteiger partial charge on any atom is -0.481 e. The Balaban J connectivity index is 2.09. The summed E-state index contributed by atoms with van der Waals surface area (Å²) in [6, 6.07) is 7.65. The smallest absolute Gasteiger partial charge is 0.319 e. The average Bonchev–Trinajstić information content (AvgIpc) is 2.96. The molecule has 7 nitrogen and oxygen atoms in total. The first-order valence-corrected chi connectivity index (χ1v) is 8.30. The molecule has 2 amide bonds. The van der Waals surface area contributed by atoms with Gasteiger partial charge in [-0.2, -0.15) is 5.10 Å². The first kappa shape index (κ1) is 18.5. The van der Waals surface area contributed by atoms with Gasteiger partial charge in [-0.1, -0.05) is 31.5 Å². The second-order valence-electron chi connectivity index (χ2n) is 6.22. The summed E-state index contributed by atoms with van der Waals surface area (Å²) < 4.78 is 1.82. The molecule has 1 heterocycles. The molecule has 0 aliphatic rings. The van der Waals surface area contributed by atoms with E-state index in [4.69, 9.17) is 5.11 Å². The Morgan fingerprint density at radius 2 is 1.92 bits per heavy atom. The van der Waals surface area contributed by atoms with Gasteiger partial charge < -0.3 is 15.7 Å². The SMILES string of the molecule is Cc1ccc(-n2ncc(NC(=O)NCCCC(=O)O)c2C(C)C)cc1. The third-order valence-electron chi connectivity index (χ3n) is 3.73. The largest absolute Gasteiger partial charge is 0.481 e. The summed E-state index contributed by atoms with van der Waals surface area (Å²) in [6.45, 7) is 6.41. The predicted molar refractivity (Wildman–Crippen MR) is 96.3 cm³/mol. The fourth-order valence-electron chi connectivity index (χ4n) is 2.51. The van der Waals surface area contributed by atoms with Crippen LogP contribution in [0.5, 0.6) is 0 Å². The van der Waals surface area contributed by atoms with Crippen LogP contribution >= 0.6 is 0 Å². The third-order valence-corrected chi connectivity index (χ3v) is 3.73. The number of carboxylic acids is 1. The molecule has 0 aliphatic carbocycles. The number of aryl methyl sites for hydroxylation is 1. The van der Waals surface area contributed by atoms with E-state index in [0.29, 0.717) is 18.7 Å². The Kier molecular flexibility index (Phi) is 6.16. The summed E-state index contributed by atoms with van der Waals surface area (Å²) in [5.74, 6) is -0.713. The molecule has 0 saturated heterocycles. The average molecular weight is 344 g/mol. The maximum absolute atomic E-state index is 12.0. The van der Waals surface area contributed by atoms with Crippen molar-refractivity contribution in [3.63, 3.8) is 0 Å². The summed E-state index contributed by atoms with van der Waals surface area (Å²) in [6.07, 6.45) is 2.05. The van der Waals surface area contributed by atoms with Crippen LogP contribution in [-0.4, -0.2) is 33.4 Å². The van der Waals surface area contributed by atoms with Gasteiger partial charge in [-0.3, -0.25) is 4.79 Å². The van der Waals surface area contributed by atoms with Gasteiger partial charge in [-0.15, -0.1) is 0 Å². The topological polar surface area (TPSA) is 96.3 Å². The lowest BCUT2D eigenvalue weighted by Gasteiger charge is -2.14. The van der Waals surface area contributed by atoms with Gasteiger partial charge in [0, 0.05) is 13.0 Å². The fourth-order valence-corrected chi connectivity index (χ4v) is 2.51. The van der Waals surface area contributed by atoms with Crippen LogP contribution in [0.4, 0.5) is 10.5 Å². The summed E-state index contributed by atoms with van der Waals surface area (Å²) in [5.41, 5.74) is 3.65. The van der Waals surface area contributed by atoms with E-state index in [-0.39, 0.29) is 18.4 Å². The van der Waals surface area contributed by atoms with Crippen molar-refractivity contribution in [2.75, 3.05) is 11.9 Å². The molecular weight excluding hydrogens is 320 g/mol. The van der Waals surface area contributed by atoms with Gasteiger partial charge in [0.25, 0.3) is 0 Å². The molecule has 1 aromatic heterocycles. The number of aliphatic carboxylic acids is 1. The van der Waals surface area contributed by atoms with Gasteiger partial charge in [0.1, 0.15) is 0 Å². The van der Waals surface area contributed by atoms with Crippen molar-refractivity contribution in [3.05, 3.63) is 41.7 Å². The Morgan fingerprint density at radius 1 is 1.24 bits per heavy atom. The van der Waals surface area contributed by atoms with Crippen LogP contribution < -0.4 is 10.6 Å². The standard InChI is InChI=1S/C18H24N4O3/c1-12(2)17-15(21-18(25)19-10-4-5-16(23)24)11-20-22(17)14-8-6-13(3)7-9-14/h6-9,11-12H,4-5,10H2,1-3H3,(H,23,24)(H2,19,21,25). The second-order valence-corrected chi connectivity index (χ2v) is 6.22. The van der Waals surface area contributed by atoms with Crippen LogP contribution in [0.3, 0.4) is 0 Å². The molecule has 0 radical (unpaired) electrons. The van der Waals surface area contributed by atoms with Crippen molar-refractivity contribution in [2.45, 2.75) is 39.5 Å². The van der Waals surface area contributed by atoms with Crippen molar-refractivity contribution < 1.29 is 14.7 Å². The Morgan fingerprint density at radius 3 is 2.52 bits per heavy atom. The van der Waals surface area contributed by atoms with Crippen molar-refractivity contribution in [2.24, 2.45) is 0 Å². The normalized spacial score (nSPS) is 10.7. The van der Waals surface area contributed by atoms with E-state index in [2.05, 4.69) is 15.7 Å². The molecule has 2 rings (SSSR count). The number of urea groups is 1. The summed E-state index contributed by atoms with van der Waals surface area (Å²) in [7, 11) is 0. The minimum atomic E-state index is -0.872. The maximum atomic E-state index is 12.0. The summed E-state index contributed by atoms with van der Waals surface area (Å²) in [5, 5.41) is 18.5. The Bertz CT molecular complexity index is 735. The number of nitrogens with zero attached hydrogens (tertiary/aromatic N) is 2. The Hall–Kier alpha value is -2.83. The molecule has 0 fully saturated rings. The minimum absolute atomic E-state index is 0.0306. The summed E-state index contributed by atoms with van der Waals surface area (Å²) in [4.78, 5) is 22.5. The molecule has 1 aromatic carbocycles. The summed E-state index contributed by atoms with van der Waals surface area (Å²) >= 11 is 0. The molecular formula is C18H24N4O3. The van der Waals surface area contributed by atoms with E-state index >= 15 is 0 Å². The number of carboxylic acid groups (broad SMARTS) is 1. The molecule has 0 bridgehead atoms. The van der Waals surface area contributed by atoms with Crippen LogP contribution in [0.2, 0.25) is 0 Å². The number of nitrogens with one attached hydrogen (secondary N) is 2. The van der Waals surface area contributed by atoms with E-state index in [1.165, 1.54) is 5.56 Å².